The fraction of sp³-hybridized carbons (Fsp3) is 0.688. The van der Waals surface area contributed by atoms with Crippen LogP contribution in [0.5, 0.6) is 0 Å². The van der Waals surface area contributed by atoms with Gasteiger partial charge in [-0.25, -0.2) is 0 Å². The van der Waals surface area contributed by atoms with E-state index in [9.17, 15) is 0 Å². The van der Waals surface area contributed by atoms with E-state index in [1.807, 2.05) is 13.1 Å². The van der Waals surface area contributed by atoms with Gasteiger partial charge in [0.1, 0.15) is 0 Å². The van der Waals surface area contributed by atoms with Crippen LogP contribution in [0.25, 0.3) is 0 Å². The molecule has 5 nitrogen and oxygen atoms in total. The largest absolute Gasteiger partial charge is 0.385 e. The van der Waals surface area contributed by atoms with Crippen LogP contribution in [-0.4, -0.2) is 52.1 Å². The standard InChI is InChI=1S/C16H29N3O2/c1-5-17-12-15-13-18-14(2)11-16(15)19(8-10-21-4)7-6-9-20-3/h11,13,17H,5-10,12H2,1-4H3. The number of nitrogens with one attached hydrogen (secondary N) is 1. The second-order valence-corrected chi connectivity index (χ2v) is 5.06. The van der Waals surface area contributed by atoms with Crippen molar-refractivity contribution in [2.45, 2.75) is 26.8 Å². The smallest absolute Gasteiger partial charge is 0.0637 e. The Hall–Kier alpha value is -1.17. The van der Waals surface area contributed by atoms with E-state index in [2.05, 4.69) is 28.2 Å². The highest BCUT2D eigenvalue weighted by atomic mass is 16.5. The molecule has 120 valence electrons. The third kappa shape index (κ3) is 6.42. The van der Waals surface area contributed by atoms with Crippen LogP contribution < -0.4 is 10.2 Å². The Morgan fingerprint density at radius 3 is 2.62 bits per heavy atom. The van der Waals surface area contributed by atoms with Crippen molar-refractivity contribution in [2.75, 3.05) is 52.0 Å². The zero-order valence-electron chi connectivity index (χ0n) is 13.8. The monoisotopic (exact) mass is 295 g/mol. The number of ether oxygens (including phenoxy) is 2. The fourth-order valence-electron chi connectivity index (χ4n) is 2.22. The third-order valence-electron chi connectivity index (χ3n) is 3.35. The molecule has 1 aromatic rings. The van der Waals surface area contributed by atoms with Crippen LogP contribution in [0, 0.1) is 6.92 Å². The predicted molar refractivity (Wildman–Crippen MR) is 86.9 cm³/mol. The average molecular weight is 295 g/mol. The van der Waals surface area contributed by atoms with E-state index in [0.29, 0.717) is 0 Å². The van der Waals surface area contributed by atoms with E-state index >= 15 is 0 Å². The predicted octanol–water partition coefficient (Wildman–Crippen LogP) is 1.99. The minimum absolute atomic E-state index is 0.717. The molecule has 1 rings (SSSR count). The molecule has 1 aromatic heterocycles. The van der Waals surface area contributed by atoms with Gasteiger partial charge in [0.2, 0.25) is 0 Å². The zero-order valence-corrected chi connectivity index (χ0v) is 13.8. The first-order valence-electron chi connectivity index (χ1n) is 7.62. The highest BCUT2D eigenvalue weighted by molar-refractivity contribution is 5.53. The molecular formula is C16H29N3O2. The van der Waals surface area contributed by atoms with E-state index < -0.39 is 0 Å². The molecule has 0 aliphatic heterocycles. The number of nitrogens with zero attached hydrogens (tertiary/aromatic N) is 2. The van der Waals surface area contributed by atoms with Gasteiger partial charge < -0.3 is 19.7 Å². The van der Waals surface area contributed by atoms with Crippen molar-refractivity contribution >= 4 is 5.69 Å². The highest BCUT2D eigenvalue weighted by Gasteiger charge is 2.12. The van der Waals surface area contributed by atoms with Gasteiger partial charge in [-0.15, -0.1) is 0 Å². The summed E-state index contributed by atoms with van der Waals surface area (Å²) in [6, 6.07) is 2.16. The second kappa shape index (κ2) is 10.5. The fourth-order valence-corrected chi connectivity index (χ4v) is 2.22. The number of hydrogen-bond donors (Lipinski definition) is 1. The van der Waals surface area contributed by atoms with Crippen molar-refractivity contribution in [3.05, 3.63) is 23.5 Å². The lowest BCUT2D eigenvalue weighted by Gasteiger charge is -2.27. The molecule has 0 aromatic carbocycles. The van der Waals surface area contributed by atoms with Gasteiger partial charge in [0.15, 0.2) is 0 Å². The minimum atomic E-state index is 0.717. The molecule has 1 N–H and O–H groups in total. The molecule has 0 atom stereocenters. The van der Waals surface area contributed by atoms with Crippen LogP contribution in [0.4, 0.5) is 5.69 Å². The van der Waals surface area contributed by atoms with E-state index in [1.54, 1.807) is 14.2 Å². The quantitative estimate of drug-likeness (QED) is 0.633. The van der Waals surface area contributed by atoms with E-state index in [-0.39, 0.29) is 0 Å². The summed E-state index contributed by atoms with van der Waals surface area (Å²) in [6.07, 6.45) is 2.98. The lowest BCUT2D eigenvalue weighted by Crippen LogP contribution is -2.30. The lowest BCUT2D eigenvalue weighted by molar-refractivity contribution is 0.191. The second-order valence-electron chi connectivity index (χ2n) is 5.06. The number of pyridine rings is 1. The molecule has 0 unspecified atom stereocenters. The number of aromatic nitrogens is 1. The maximum Gasteiger partial charge on any atom is 0.0637 e. The molecule has 0 radical (unpaired) electrons. The van der Waals surface area contributed by atoms with Crippen LogP contribution in [0.3, 0.4) is 0 Å². The summed E-state index contributed by atoms with van der Waals surface area (Å²) >= 11 is 0. The highest BCUT2D eigenvalue weighted by Crippen LogP contribution is 2.21. The first kappa shape index (κ1) is 17.9. The van der Waals surface area contributed by atoms with Gasteiger partial charge in [-0.2, -0.15) is 0 Å². The molecule has 0 saturated heterocycles. The number of anilines is 1. The number of rotatable bonds is 11. The van der Waals surface area contributed by atoms with Gasteiger partial charge in [-0.3, -0.25) is 4.98 Å². The van der Waals surface area contributed by atoms with E-state index in [4.69, 9.17) is 9.47 Å². The van der Waals surface area contributed by atoms with Crippen molar-refractivity contribution in [1.29, 1.82) is 0 Å². The van der Waals surface area contributed by atoms with Crippen molar-refractivity contribution in [2.24, 2.45) is 0 Å². The van der Waals surface area contributed by atoms with Crippen molar-refractivity contribution in [3.8, 4) is 0 Å². The summed E-state index contributed by atoms with van der Waals surface area (Å²) < 4.78 is 10.4. The number of methoxy groups -OCH3 is 2. The van der Waals surface area contributed by atoms with E-state index in [0.717, 1.165) is 51.5 Å². The Morgan fingerprint density at radius 1 is 1.19 bits per heavy atom. The van der Waals surface area contributed by atoms with Gasteiger partial charge in [0, 0.05) is 63.6 Å². The molecule has 0 saturated carbocycles. The van der Waals surface area contributed by atoms with Crippen LogP contribution in [-0.2, 0) is 16.0 Å². The Kier molecular flexibility index (Phi) is 8.98. The molecule has 0 aliphatic carbocycles. The lowest BCUT2D eigenvalue weighted by atomic mass is 10.1. The van der Waals surface area contributed by atoms with Gasteiger partial charge in [-0.05, 0) is 26.0 Å². The van der Waals surface area contributed by atoms with Gasteiger partial charge >= 0.3 is 0 Å². The summed E-state index contributed by atoms with van der Waals surface area (Å²) in [5.41, 5.74) is 3.52. The third-order valence-corrected chi connectivity index (χ3v) is 3.35. The van der Waals surface area contributed by atoms with Gasteiger partial charge in [0.05, 0.1) is 6.61 Å². The summed E-state index contributed by atoms with van der Waals surface area (Å²) in [5, 5.41) is 3.38. The average Bonchev–Trinajstić information content (AvgIpc) is 2.49. The molecule has 0 spiro atoms. The Balaban J connectivity index is 2.88. The van der Waals surface area contributed by atoms with Crippen molar-refractivity contribution < 1.29 is 9.47 Å². The summed E-state index contributed by atoms with van der Waals surface area (Å²) in [6.45, 7) is 9.27. The maximum absolute atomic E-state index is 5.25. The molecule has 0 aliphatic rings. The first-order valence-corrected chi connectivity index (χ1v) is 7.62. The van der Waals surface area contributed by atoms with Crippen molar-refractivity contribution in [3.63, 3.8) is 0 Å². The minimum Gasteiger partial charge on any atom is -0.385 e. The van der Waals surface area contributed by atoms with Crippen LogP contribution >= 0.6 is 0 Å². The SMILES string of the molecule is CCNCc1cnc(C)cc1N(CCCOC)CCOC. The molecule has 0 fully saturated rings. The van der Waals surface area contributed by atoms with Crippen molar-refractivity contribution in [1.82, 2.24) is 10.3 Å². The van der Waals surface area contributed by atoms with Crippen LogP contribution in [0.15, 0.2) is 12.3 Å². The Labute approximate surface area is 128 Å². The molecule has 21 heavy (non-hydrogen) atoms. The van der Waals surface area contributed by atoms with E-state index in [1.165, 1.54) is 11.3 Å². The molecule has 5 heteroatoms. The van der Waals surface area contributed by atoms with Crippen LogP contribution in [0.2, 0.25) is 0 Å². The topological polar surface area (TPSA) is 46.6 Å². The summed E-state index contributed by atoms with van der Waals surface area (Å²) in [5.74, 6) is 0. The van der Waals surface area contributed by atoms with Gasteiger partial charge in [0.25, 0.3) is 0 Å². The van der Waals surface area contributed by atoms with Gasteiger partial charge in [-0.1, -0.05) is 6.92 Å². The first-order chi connectivity index (χ1) is 10.2. The Morgan fingerprint density at radius 2 is 1.95 bits per heavy atom. The maximum atomic E-state index is 5.25. The molecule has 0 bridgehead atoms. The number of aryl methyl sites for hydroxylation is 1. The number of hydrogen-bond acceptors (Lipinski definition) is 5. The van der Waals surface area contributed by atoms with Crippen LogP contribution in [0.1, 0.15) is 24.6 Å². The summed E-state index contributed by atoms with van der Waals surface area (Å²) in [4.78, 5) is 6.79. The molecular weight excluding hydrogens is 266 g/mol. The molecule has 0 amide bonds. The zero-order chi connectivity index (χ0) is 15.5. The Bertz CT molecular complexity index is 399. The summed E-state index contributed by atoms with van der Waals surface area (Å²) in [7, 11) is 3.48. The normalized spacial score (nSPS) is 10.9. The molecule has 1 heterocycles.